The van der Waals surface area contributed by atoms with E-state index in [1.54, 1.807) is 11.8 Å². The highest BCUT2D eigenvalue weighted by molar-refractivity contribution is 7.98. The molecule has 0 atom stereocenters. The Hall–Kier alpha value is -1.00. The minimum Gasteiger partial charge on any atom is -0.388 e. The van der Waals surface area contributed by atoms with Crippen LogP contribution < -0.4 is 5.32 Å². The second-order valence-electron chi connectivity index (χ2n) is 5.65. The average molecular weight is 293 g/mol. The quantitative estimate of drug-likeness (QED) is 0.839. The summed E-state index contributed by atoms with van der Waals surface area (Å²) >= 11 is 1.63. The van der Waals surface area contributed by atoms with Crippen LogP contribution in [0.2, 0.25) is 0 Å². The molecular formula is C16H23NO2S. The Morgan fingerprint density at radius 2 is 2.05 bits per heavy atom. The standard InChI is InChI=1S/C16H23NO2S/c1-12-6-7-13(20-2)10-14(12)15(18)17-11-16(19)8-4-3-5-9-16/h6-7,10,19H,3-5,8-9,11H2,1-2H3,(H,17,18). The predicted molar refractivity (Wildman–Crippen MR) is 83.3 cm³/mol. The topological polar surface area (TPSA) is 49.3 Å². The second-order valence-corrected chi connectivity index (χ2v) is 6.53. The lowest BCUT2D eigenvalue weighted by Gasteiger charge is -2.32. The van der Waals surface area contributed by atoms with Crippen LogP contribution in [0.5, 0.6) is 0 Å². The Balaban J connectivity index is 2.01. The molecule has 1 saturated carbocycles. The molecule has 110 valence electrons. The second kappa shape index (κ2) is 6.64. The minimum atomic E-state index is -0.709. The summed E-state index contributed by atoms with van der Waals surface area (Å²) < 4.78 is 0. The third-order valence-electron chi connectivity index (χ3n) is 4.05. The Labute approximate surface area is 125 Å². The molecule has 0 saturated heterocycles. The van der Waals surface area contributed by atoms with Crippen molar-refractivity contribution in [2.75, 3.05) is 12.8 Å². The third kappa shape index (κ3) is 3.76. The van der Waals surface area contributed by atoms with Crippen molar-refractivity contribution in [2.24, 2.45) is 0 Å². The Morgan fingerprint density at radius 1 is 1.35 bits per heavy atom. The zero-order valence-corrected chi connectivity index (χ0v) is 13.1. The number of thioether (sulfide) groups is 1. The van der Waals surface area contributed by atoms with E-state index in [1.807, 2.05) is 31.4 Å². The van der Waals surface area contributed by atoms with Gasteiger partial charge in [-0.3, -0.25) is 4.79 Å². The molecule has 2 rings (SSSR count). The van der Waals surface area contributed by atoms with Gasteiger partial charge in [-0.1, -0.05) is 25.3 Å². The maximum absolute atomic E-state index is 12.3. The zero-order valence-electron chi connectivity index (χ0n) is 12.2. The summed E-state index contributed by atoms with van der Waals surface area (Å²) in [6, 6.07) is 5.90. The van der Waals surface area contributed by atoms with Crippen molar-refractivity contribution in [3.05, 3.63) is 29.3 Å². The Bertz CT molecular complexity index is 481. The lowest BCUT2D eigenvalue weighted by atomic mass is 9.85. The molecule has 4 heteroatoms. The Morgan fingerprint density at radius 3 is 2.70 bits per heavy atom. The number of carbonyl (C=O) groups is 1. The van der Waals surface area contributed by atoms with Crippen molar-refractivity contribution in [3.8, 4) is 0 Å². The summed E-state index contributed by atoms with van der Waals surface area (Å²) in [7, 11) is 0. The maximum Gasteiger partial charge on any atom is 0.251 e. The maximum atomic E-state index is 12.3. The van der Waals surface area contributed by atoms with Gasteiger partial charge in [-0.15, -0.1) is 11.8 Å². The fourth-order valence-electron chi connectivity index (χ4n) is 2.70. The van der Waals surface area contributed by atoms with Crippen LogP contribution in [0.15, 0.2) is 23.1 Å². The summed E-state index contributed by atoms with van der Waals surface area (Å²) in [6.45, 7) is 2.29. The van der Waals surface area contributed by atoms with E-state index < -0.39 is 5.60 Å². The van der Waals surface area contributed by atoms with Gasteiger partial charge in [-0.25, -0.2) is 0 Å². The molecule has 1 amide bonds. The summed E-state index contributed by atoms with van der Waals surface area (Å²) in [5.41, 5.74) is 0.964. The van der Waals surface area contributed by atoms with Crippen LogP contribution >= 0.6 is 11.8 Å². The number of hydrogen-bond donors (Lipinski definition) is 2. The molecule has 1 aromatic carbocycles. The molecule has 20 heavy (non-hydrogen) atoms. The number of amides is 1. The van der Waals surface area contributed by atoms with Gasteiger partial charge in [-0.05, 0) is 43.7 Å². The van der Waals surface area contributed by atoms with E-state index in [0.717, 1.165) is 36.1 Å². The highest BCUT2D eigenvalue weighted by Crippen LogP contribution is 2.27. The van der Waals surface area contributed by atoms with E-state index in [0.29, 0.717) is 12.1 Å². The van der Waals surface area contributed by atoms with Gasteiger partial charge < -0.3 is 10.4 Å². The SMILES string of the molecule is CSc1ccc(C)c(C(=O)NCC2(O)CCCCC2)c1. The molecule has 0 spiro atoms. The van der Waals surface area contributed by atoms with E-state index in [9.17, 15) is 9.90 Å². The van der Waals surface area contributed by atoms with Gasteiger partial charge in [0, 0.05) is 17.0 Å². The average Bonchev–Trinajstić information content (AvgIpc) is 2.46. The van der Waals surface area contributed by atoms with E-state index >= 15 is 0 Å². The number of benzene rings is 1. The predicted octanol–water partition coefficient (Wildman–Crippen LogP) is 3.14. The van der Waals surface area contributed by atoms with Crippen LogP contribution in [0.4, 0.5) is 0 Å². The van der Waals surface area contributed by atoms with Crippen LogP contribution in [0.25, 0.3) is 0 Å². The molecule has 1 aromatic rings. The number of aryl methyl sites for hydroxylation is 1. The van der Waals surface area contributed by atoms with E-state index in [4.69, 9.17) is 0 Å². The fourth-order valence-corrected chi connectivity index (χ4v) is 3.14. The molecule has 0 aliphatic heterocycles. The molecule has 1 aliphatic carbocycles. The van der Waals surface area contributed by atoms with E-state index in [-0.39, 0.29) is 5.91 Å². The molecule has 2 N–H and O–H groups in total. The van der Waals surface area contributed by atoms with Gasteiger partial charge >= 0.3 is 0 Å². The van der Waals surface area contributed by atoms with E-state index in [2.05, 4.69) is 5.32 Å². The highest BCUT2D eigenvalue weighted by atomic mass is 32.2. The molecule has 0 radical (unpaired) electrons. The smallest absolute Gasteiger partial charge is 0.251 e. The first kappa shape index (κ1) is 15.4. The van der Waals surface area contributed by atoms with Crippen LogP contribution in [0, 0.1) is 6.92 Å². The largest absolute Gasteiger partial charge is 0.388 e. The van der Waals surface area contributed by atoms with Gasteiger partial charge in [0.05, 0.1) is 5.60 Å². The van der Waals surface area contributed by atoms with Crippen molar-refractivity contribution >= 4 is 17.7 Å². The highest BCUT2D eigenvalue weighted by Gasteiger charge is 2.29. The zero-order chi connectivity index (χ0) is 14.6. The van der Waals surface area contributed by atoms with Crippen molar-refractivity contribution in [1.82, 2.24) is 5.32 Å². The summed E-state index contributed by atoms with van der Waals surface area (Å²) in [6.07, 6.45) is 6.86. The van der Waals surface area contributed by atoms with Crippen LogP contribution in [-0.2, 0) is 0 Å². The first-order valence-electron chi connectivity index (χ1n) is 7.19. The molecule has 0 bridgehead atoms. The molecular weight excluding hydrogens is 270 g/mol. The molecule has 1 fully saturated rings. The number of nitrogens with one attached hydrogen (secondary N) is 1. The number of rotatable bonds is 4. The first-order chi connectivity index (χ1) is 9.54. The third-order valence-corrected chi connectivity index (χ3v) is 4.78. The molecule has 0 heterocycles. The summed E-state index contributed by atoms with van der Waals surface area (Å²) in [5, 5.41) is 13.3. The van der Waals surface area contributed by atoms with Gasteiger partial charge in [0.1, 0.15) is 0 Å². The number of hydrogen-bond acceptors (Lipinski definition) is 3. The van der Waals surface area contributed by atoms with Crippen LogP contribution in [-0.4, -0.2) is 29.4 Å². The van der Waals surface area contributed by atoms with Gasteiger partial charge in [0.2, 0.25) is 0 Å². The number of carbonyl (C=O) groups excluding carboxylic acids is 1. The van der Waals surface area contributed by atoms with Crippen molar-refractivity contribution < 1.29 is 9.90 Å². The number of aliphatic hydroxyl groups is 1. The molecule has 0 unspecified atom stereocenters. The monoisotopic (exact) mass is 293 g/mol. The fraction of sp³-hybridized carbons (Fsp3) is 0.562. The van der Waals surface area contributed by atoms with Crippen LogP contribution in [0.1, 0.15) is 48.0 Å². The Kier molecular flexibility index (Phi) is 5.11. The van der Waals surface area contributed by atoms with Gasteiger partial charge in [-0.2, -0.15) is 0 Å². The molecule has 3 nitrogen and oxygen atoms in total. The first-order valence-corrected chi connectivity index (χ1v) is 8.42. The summed E-state index contributed by atoms with van der Waals surface area (Å²) in [5.74, 6) is -0.0857. The van der Waals surface area contributed by atoms with Crippen molar-refractivity contribution in [2.45, 2.75) is 49.5 Å². The van der Waals surface area contributed by atoms with Crippen molar-refractivity contribution in [3.63, 3.8) is 0 Å². The minimum absolute atomic E-state index is 0.0857. The normalized spacial score (nSPS) is 17.8. The van der Waals surface area contributed by atoms with Crippen molar-refractivity contribution in [1.29, 1.82) is 0 Å². The van der Waals surface area contributed by atoms with Gasteiger partial charge in [0.15, 0.2) is 0 Å². The molecule has 0 aromatic heterocycles. The van der Waals surface area contributed by atoms with Gasteiger partial charge in [0.25, 0.3) is 5.91 Å². The van der Waals surface area contributed by atoms with Crippen LogP contribution in [0.3, 0.4) is 0 Å². The molecule has 1 aliphatic rings. The lowest BCUT2D eigenvalue weighted by Crippen LogP contribution is -2.44. The lowest BCUT2D eigenvalue weighted by molar-refractivity contribution is 0.00524. The summed E-state index contributed by atoms with van der Waals surface area (Å²) in [4.78, 5) is 13.4. The van der Waals surface area contributed by atoms with E-state index in [1.165, 1.54) is 6.42 Å².